The van der Waals surface area contributed by atoms with Crippen LogP contribution in [0.3, 0.4) is 0 Å². The molecule has 2 N–H and O–H groups in total. The first-order valence-electron chi connectivity index (χ1n) is 24.3. The summed E-state index contributed by atoms with van der Waals surface area (Å²) in [6.45, 7) is 14.6. The molecule has 8 fully saturated rings. The van der Waals surface area contributed by atoms with Crippen LogP contribution in [0.1, 0.15) is 155 Å². The fourth-order valence-electron chi connectivity index (χ4n) is 12.6. The summed E-state index contributed by atoms with van der Waals surface area (Å²) in [5.41, 5.74) is 0. The molecular weight excluding hydrogens is 701 g/mol. The molecule has 4 saturated heterocycles. The van der Waals surface area contributed by atoms with Crippen LogP contribution in [0.15, 0.2) is 0 Å². The zero-order valence-electron chi connectivity index (χ0n) is 35.8. The molecule has 56 heavy (non-hydrogen) atoms. The van der Waals surface area contributed by atoms with E-state index in [9.17, 15) is 9.59 Å². The second kappa shape index (κ2) is 21.6. The standard InChI is InChI=1S/2C23H41N3O2/c2*1-2-15-28-17-18-7-9-20(10-8-18)25-13-11-21(12-14-25)26-22-6-4-3-5-19(22)16-24-23(26)27/h2*18-22H,2-17H2,1H3,(H,24,27)/t2*18?,19-,20?,22+/m11/s1. The molecule has 4 amide bonds. The lowest BCUT2D eigenvalue weighted by Gasteiger charge is -2.50. The molecule has 4 aliphatic carbocycles. The number of likely N-dealkylation sites (tertiary alicyclic amines) is 2. The van der Waals surface area contributed by atoms with E-state index in [1.54, 1.807) is 0 Å². The van der Waals surface area contributed by atoms with E-state index < -0.39 is 0 Å². The van der Waals surface area contributed by atoms with Gasteiger partial charge in [-0.1, -0.05) is 39.5 Å². The van der Waals surface area contributed by atoms with Crippen molar-refractivity contribution in [1.82, 2.24) is 30.2 Å². The average molecular weight is 783 g/mol. The molecule has 4 saturated carbocycles. The van der Waals surface area contributed by atoms with E-state index in [0.29, 0.717) is 36.0 Å². The van der Waals surface area contributed by atoms with Gasteiger partial charge in [-0.15, -0.1) is 0 Å². The lowest BCUT2D eigenvalue weighted by molar-refractivity contribution is 0.0200. The molecule has 0 radical (unpaired) electrons. The first-order valence-corrected chi connectivity index (χ1v) is 24.3. The summed E-state index contributed by atoms with van der Waals surface area (Å²) in [6.07, 6.45) is 27.9. The fourth-order valence-corrected chi connectivity index (χ4v) is 12.6. The van der Waals surface area contributed by atoms with Crippen molar-refractivity contribution < 1.29 is 19.1 Å². The summed E-state index contributed by atoms with van der Waals surface area (Å²) in [6, 6.07) is 3.91. The van der Waals surface area contributed by atoms with E-state index >= 15 is 0 Å². The van der Waals surface area contributed by atoms with Gasteiger partial charge in [0.05, 0.1) is 0 Å². The molecular formula is C46H82N6O4. The second-order valence-corrected chi connectivity index (χ2v) is 19.4. The molecule has 4 heterocycles. The van der Waals surface area contributed by atoms with Crippen molar-refractivity contribution in [3.05, 3.63) is 0 Å². The third-order valence-corrected chi connectivity index (χ3v) is 15.8. The number of hydrogen-bond donors (Lipinski definition) is 2. The second-order valence-electron chi connectivity index (χ2n) is 19.4. The van der Waals surface area contributed by atoms with Crippen molar-refractivity contribution in [3.63, 3.8) is 0 Å². The van der Waals surface area contributed by atoms with Crippen molar-refractivity contribution in [2.75, 3.05) is 65.7 Å². The lowest BCUT2D eigenvalue weighted by atomic mass is 9.80. The number of carbonyl (C=O) groups is 2. The third-order valence-electron chi connectivity index (χ3n) is 15.8. The number of rotatable bonds is 12. The van der Waals surface area contributed by atoms with Gasteiger partial charge in [0.25, 0.3) is 0 Å². The minimum Gasteiger partial charge on any atom is -0.381 e. The highest BCUT2D eigenvalue weighted by molar-refractivity contribution is 5.76. The number of carbonyl (C=O) groups excluding carboxylic acids is 2. The number of fused-ring (bicyclic) bond motifs is 2. The minimum absolute atomic E-state index is 0.217. The lowest BCUT2D eigenvalue weighted by Crippen LogP contribution is -2.63. The van der Waals surface area contributed by atoms with Gasteiger partial charge in [0.15, 0.2) is 0 Å². The van der Waals surface area contributed by atoms with Crippen molar-refractivity contribution >= 4 is 12.1 Å². The molecule has 8 rings (SSSR count). The Hall–Kier alpha value is -1.62. The summed E-state index contributed by atoms with van der Waals surface area (Å²) in [4.78, 5) is 35.4. The molecule has 0 aromatic rings. The Kier molecular flexibility index (Phi) is 16.4. The van der Waals surface area contributed by atoms with Gasteiger partial charge in [-0.2, -0.15) is 0 Å². The van der Waals surface area contributed by atoms with E-state index in [4.69, 9.17) is 9.47 Å². The number of urea groups is 2. The highest BCUT2D eigenvalue weighted by Gasteiger charge is 2.43. The molecule has 4 aliphatic heterocycles. The Balaban J connectivity index is 0.000000172. The fraction of sp³-hybridized carbons (Fsp3) is 0.957. The molecule has 320 valence electrons. The van der Waals surface area contributed by atoms with Crippen molar-refractivity contribution in [2.24, 2.45) is 23.7 Å². The molecule has 0 bridgehead atoms. The minimum atomic E-state index is 0.217. The molecule has 0 aromatic carbocycles. The Bertz CT molecular complexity index is 1090. The number of amides is 4. The van der Waals surface area contributed by atoms with Gasteiger partial charge >= 0.3 is 12.1 Å². The van der Waals surface area contributed by atoms with E-state index in [1.807, 2.05) is 0 Å². The van der Waals surface area contributed by atoms with E-state index in [1.165, 1.54) is 129 Å². The summed E-state index contributed by atoms with van der Waals surface area (Å²) >= 11 is 0. The molecule has 0 unspecified atom stereocenters. The monoisotopic (exact) mass is 783 g/mol. The van der Waals surface area contributed by atoms with Gasteiger partial charge < -0.3 is 39.7 Å². The maximum absolute atomic E-state index is 12.7. The van der Waals surface area contributed by atoms with Crippen LogP contribution < -0.4 is 10.6 Å². The Labute approximate surface area is 341 Å². The van der Waals surface area contributed by atoms with Crippen LogP contribution >= 0.6 is 0 Å². The van der Waals surface area contributed by atoms with Crippen LogP contribution in [0.2, 0.25) is 0 Å². The van der Waals surface area contributed by atoms with Crippen molar-refractivity contribution in [3.8, 4) is 0 Å². The first kappa shape index (κ1) is 42.5. The van der Waals surface area contributed by atoms with Crippen LogP contribution in [-0.2, 0) is 9.47 Å². The zero-order valence-corrected chi connectivity index (χ0v) is 35.8. The summed E-state index contributed by atoms with van der Waals surface area (Å²) in [5, 5.41) is 6.38. The highest BCUT2D eigenvalue weighted by atomic mass is 16.5. The first-order chi connectivity index (χ1) is 27.5. The predicted molar refractivity (Wildman–Crippen MR) is 225 cm³/mol. The normalized spacial score (nSPS) is 35.5. The third kappa shape index (κ3) is 10.9. The van der Waals surface area contributed by atoms with Crippen LogP contribution in [0.4, 0.5) is 9.59 Å². The SMILES string of the molecule is CCCOCC1CCC(N2CCC(N3C(=O)NC[C@H]4CCCC[C@@H]43)CC2)CC1.CCCOCC1CCC(N2CCC(N3C(=O)NC[C@H]4CCCC[C@@H]43)CC2)CC1. The van der Waals surface area contributed by atoms with E-state index in [0.717, 1.165) is 102 Å². The quantitative estimate of drug-likeness (QED) is 0.195. The molecule has 4 atom stereocenters. The smallest absolute Gasteiger partial charge is 0.317 e. The van der Waals surface area contributed by atoms with Crippen molar-refractivity contribution in [2.45, 2.75) is 191 Å². The molecule has 0 aromatic heterocycles. The summed E-state index contributed by atoms with van der Waals surface area (Å²) < 4.78 is 11.6. The topological polar surface area (TPSA) is 89.6 Å². The maximum atomic E-state index is 12.7. The number of nitrogens with zero attached hydrogens (tertiary/aromatic N) is 4. The maximum Gasteiger partial charge on any atom is 0.317 e. The molecule has 8 aliphatic rings. The summed E-state index contributed by atoms with van der Waals surface area (Å²) in [7, 11) is 0. The predicted octanol–water partition coefficient (Wildman–Crippen LogP) is 8.04. The van der Waals surface area contributed by atoms with Crippen LogP contribution in [0.25, 0.3) is 0 Å². The van der Waals surface area contributed by atoms with Crippen LogP contribution in [-0.4, -0.2) is 134 Å². The molecule has 10 nitrogen and oxygen atoms in total. The Morgan fingerprint density at radius 1 is 0.482 bits per heavy atom. The van der Waals surface area contributed by atoms with Gasteiger partial charge in [0.1, 0.15) is 0 Å². The van der Waals surface area contributed by atoms with Gasteiger partial charge in [-0.3, -0.25) is 0 Å². The van der Waals surface area contributed by atoms with Gasteiger partial charge in [0.2, 0.25) is 0 Å². The number of nitrogens with one attached hydrogen (secondary N) is 2. The Morgan fingerprint density at radius 3 is 1.23 bits per heavy atom. The zero-order chi connectivity index (χ0) is 38.7. The van der Waals surface area contributed by atoms with Crippen molar-refractivity contribution in [1.29, 1.82) is 0 Å². The number of ether oxygens (including phenoxy) is 2. The summed E-state index contributed by atoms with van der Waals surface area (Å²) in [5.74, 6) is 2.94. The number of piperidine rings is 2. The van der Waals surface area contributed by atoms with E-state index in [2.05, 4.69) is 44.1 Å². The van der Waals surface area contributed by atoms with Gasteiger partial charge in [0, 0.05) is 102 Å². The van der Waals surface area contributed by atoms with Gasteiger partial charge in [-0.05, 0) is 139 Å². The van der Waals surface area contributed by atoms with Gasteiger partial charge in [-0.25, -0.2) is 9.59 Å². The average Bonchev–Trinajstić information content (AvgIpc) is 3.25. The van der Waals surface area contributed by atoms with Crippen LogP contribution in [0.5, 0.6) is 0 Å². The largest absolute Gasteiger partial charge is 0.381 e. The van der Waals surface area contributed by atoms with Crippen LogP contribution in [0, 0.1) is 23.7 Å². The van der Waals surface area contributed by atoms with E-state index in [-0.39, 0.29) is 12.1 Å². The highest BCUT2D eigenvalue weighted by Crippen LogP contribution is 2.37. The molecule has 10 heteroatoms. The molecule has 0 spiro atoms. The number of hydrogen-bond acceptors (Lipinski definition) is 6. The Morgan fingerprint density at radius 2 is 0.857 bits per heavy atom.